The van der Waals surface area contributed by atoms with Gasteiger partial charge in [-0.05, 0) is 48.2 Å². The minimum Gasteiger partial charge on any atom is -0.494 e. The maximum absolute atomic E-state index is 11.0. The Labute approximate surface area is 120 Å². The summed E-state index contributed by atoms with van der Waals surface area (Å²) in [7, 11) is 0. The molecule has 0 spiro atoms. The van der Waals surface area contributed by atoms with Gasteiger partial charge in [-0.2, -0.15) is 0 Å². The van der Waals surface area contributed by atoms with E-state index in [4.69, 9.17) is 4.74 Å². The lowest BCUT2D eigenvalue weighted by Gasteiger charge is -2.08. The third-order valence-electron chi connectivity index (χ3n) is 3.36. The average molecular weight is 268 g/mol. The third-order valence-corrected chi connectivity index (χ3v) is 3.36. The Morgan fingerprint density at radius 1 is 1.05 bits per heavy atom. The van der Waals surface area contributed by atoms with Crippen molar-refractivity contribution in [1.82, 2.24) is 0 Å². The first kappa shape index (κ1) is 14.3. The highest BCUT2D eigenvalue weighted by atomic mass is 16.5. The Balaban J connectivity index is 2.15. The van der Waals surface area contributed by atoms with Crippen LogP contribution in [-0.4, -0.2) is 12.9 Å². The summed E-state index contributed by atoms with van der Waals surface area (Å²) in [5.74, 6) is 0.893. The van der Waals surface area contributed by atoms with E-state index in [1.807, 2.05) is 49.4 Å². The minimum absolute atomic E-state index is 0.741. The molecule has 0 aliphatic heterocycles. The molecule has 2 nitrogen and oxygen atoms in total. The molecule has 0 amide bonds. The summed E-state index contributed by atoms with van der Waals surface area (Å²) in [6.07, 6.45) is 3.11. The average Bonchev–Trinajstić information content (AvgIpc) is 2.49. The van der Waals surface area contributed by atoms with Gasteiger partial charge in [0, 0.05) is 5.56 Å². The summed E-state index contributed by atoms with van der Waals surface area (Å²) in [6.45, 7) is 4.85. The minimum atomic E-state index is 0.741. The topological polar surface area (TPSA) is 26.3 Å². The summed E-state index contributed by atoms with van der Waals surface area (Å²) in [4.78, 5) is 11.0. The van der Waals surface area contributed by atoms with Crippen molar-refractivity contribution in [2.24, 2.45) is 0 Å². The predicted octanol–water partition coefficient (Wildman–Crippen LogP) is 4.65. The van der Waals surface area contributed by atoms with Crippen LogP contribution in [0.1, 0.15) is 35.7 Å². The lowest BCUT2D eigenvalue weighted by Crippen LogP contribution is -1.96. The molecular formula is C18H20O2. The fraction of sp³-hybridized carbons (Fsp3) is 0.278. The summed E-state index contributed by atoms with van der Waals surface area (Å²) < 4.78 is 5.65. The highest BCUT2D eigenvalue weighted by molar-refractivity contribution is 5.81. The van der Waals surface area contributed by atoms with Gasteiger partial charge in [-0.15, -0.1) is 0 Å². The first-order valence-electron chi connectivity index (χ1n) is 7.03. The van der Waals surface area contributed by atoms with Gasteiger partial charge in [0.1, 0.15) is 12.0 Å². The van der Waals surface area contributed by atoms with E-state index in [1.165, 1.54) is 0 Å². The van der Waals surface area contributed by atoms with Crippen molar-refractivity contribution in [2.45, 2.75) is 26.7 Å². The van der Waals surface area contributed by atoms with Crippen LogP contribution in [0.15, 0.2) is 42.5 Å². The van der Waals surface area contributed by atoms with E-state index in [1.54, 1.807) is 0 Å². The Morgan fingerprint density at radius 2 is 1.75 bits per heavy atom. The summed E-state index contributed by atoms with van der Waals surface area (Å²) in [5, 5.41) is 0. The number of ether oxygens (including phenoxy) is 1. The fourth-order valence-corrected chi connectivity index (χ4v) is 2.02. The number of aldehydes is 1. The highest BCUT2D eigenvalue weighted by Crippen LogP contribution is 2.24. The molecule has 0 aliphatic rings. The number of rotatable bonds is 6. The highest BCUT2D eigenvalue weighted by Gasteiger charge is 2.02. The maximum Gasteiger partial charge on any atom is 0.150 e. The molecule has 104 valence electrons. The van der Waals surface area contributed by atoms with Crippen molar-refractivity contribution in [3.63, 3.8) is 0 Å². The molecular weight excluding hydrogens is 248 g/mol. The quantitative estimate of drug-likeness (QED) is 0.563. The Kier molecular flexibility index (Phi) is 4.94. The van der Waals surface area contributed by atoms with Gasteiger partial charge in [-0.3, -0.25) is 4.79 Å². The molecule has 0 saturated heterocycles. The fourth-order valence-electron chi connectivity index (χ4n) is 2.02. The van der Waals surface area contributed by atoms with Crippen LogP contribution < -0.4 is 4.74 Å². The first-order chi connectivity index (χ1) is 9.74. The molecule has 0 aliphatic carbocycles. The van der Waals surface area contributed by atoms with E-state index in [2.05, 4.69) is 6.92 Å². The van der Waals surface area contributed by atoms with Crippen molar-refractivity contribution < 1.29 is 9.53 Å². The standard InChI is InChI=1S/C18H20O2/c1-3-4-11-20-18-9-7-15(8-10-18)16-6-5-14(2)17(12-16)13-19/h5-10,12-13H,3-4,11H2,1-2H3. The summed E-state index contributed by atoms with van der Waals surface area (Å²) >= 11 is 0. The predicted molar refractivity (Wildman–Crippen MR) is 82.4 cm³/mol. The molecule has 2 heteroatoms. The molecule has 20 heavy (non-hydrogen) atoms. The summed E-state index contributed by atoms with van der Waals surface area (Å²) in [5.41, 5.74) is 3.89. The molecule has 0 heterocycles. The molecule has 0 aromatic heterocycles. The molecule has 0 atom stereocenters. The number of benzene rings is 2. The van der Waals surface area contributed by atoms with E-state index in [0.717, 1.165) is 53.7 Å². The van der Waals surface area contributed by atoms with E-state index < -0.39 is 0 Å². The van der Waals surface area contributed by atoms with E-state index in [-0.39, 0.29) is 0 Å². The van der Waals surface area contributed by atoms with Crippen molar-refractivity contribution >= 4 is 6.29 Å². The van der Waals surface area contributed by atoms with Crippen molar-refractivity contribution in [2.75, 3.05) is 6.61 Å². The Morgan fingerprint density at radius 3 is 2.40 bits per heavy atom. The first-order valence-corrected chi connectivity index (χ1v) is 7.03. The van der Waals surface area contributed by atoms with Crippen LogP contribution in [0.25, 0.3) is 11.1 Å². The van der Waals surface area contributed by atoms with Gasteiger partial charge in [0.05, 0.1) is 6.61 Å². The number of aryl methyl sites for hydroxylation is 1. The van der Waals surface area contributed by atoms with Crippen molar-refractivity contribution in [3.05, 3.63) is 53.6 Å². The number of unbranched alkanes of at least 4 members (excludes halogenated alkanes) is 1. The van der Waals surface area contributed by atoms with Crippen molar-refractivity contribution in [3.8, 4) is 16.9 Å². The SMILES string of the molecule is CCCCOc1ccc(-c2ccc(C)c(C=O)c2)cc1. The van der Waals surface area contributed by atoms with E-state index >= 15 is 0 Å². The second kappa shape index (κ2) is 6.90. The van der Waals surface area contributed by atoms with Crippen LogP contribution in [0.4, 0.5) is 0 Å². The van der Waals surface area contributed by atoms with Gasteiger partial charge in [0.25, 0.3) is 0 Å². The monoisotopic (exact) mass is 268 g/mol. The molecule has 0 bridgehead atoms. The van der Waals surface area contributed by atoms with Gasteiger partial charge < -0.3 is 4.74 Å². The third kappa shape index (κ3) is 3.47. The van der Waals surface area contributed by atoms with Crippen LogP contribution in [0.5, 0.6) is 5.75 Å². The molecule has 2 rings (SSSR count). The smallest absolute Gasteiger partial charge is 0.150 e. The lowest BCUT2D eigenvalue weighted by atomic mass is 10.0. The second-order valence-electron chi connectivity index (χ2n) is 4.92. The Hall–Kier alpha value is -2.09. The van der Waals surface area contributed by atoms with Crippen LogP contribution in [-0.2, 0) is 0 Å². The zero-order valence-electron chi connectivity index (χ0n) is 12.1. The molecule has 2 aromatic carbocycles. The van der Waals surface area contributed by atoms with Crippen LogP contribution in [0.2, 0.25) is 0 Å². The van der Waals surface area contributed by atoms with Crippen molar-refractivity contribution in [1.29, 1.82) is 0 Å². The van der Waals surface area contributed by atoms with Gasteiger partial charge in [-0.1, -0.05) is 37.6 Å². The maximum atomic E-state index is 11.0. The number of carbonyl (C=O) groups is 1. The molecule has 0 N–H and O–H groups in total. The number of hydrogen-bond acceptors (Lipinski definition) is 2. The van der Waals surface area contributed by atoms with Gasteiger partial charge in [-0.25, -0.2) is 0 Å². The number of carbonyl (C=O) groups excluding carboxylic acids is 1. The molecule has 0 radical (unpaired) electrons. The second-order valence-corrected chi connectivity index (χ2v) is 4.92. The van der Waals surface area contributed by atoms with Gasteiger partial charge >= 0.3 is 0 Å². The molecule has 0 unspecified atom stereocenters. The van der Waals surface area contributed by atoms with Gasteiger partial charge in [0.2, 0.25) is 0 Å². The van der Waals surface area contributed by atoms with Crippen LogP contribution in [0, 0.1) is 6.92 Å². The zero-order valence-corrected chi connectivity index (χ0v) is 12.1. The normalized spacial score (nSPS) is 10.3. The largest absolute Gasteiger partial charge is 0.494 e. The van der Waals surface area contributed by atoms with Crippen LogP contribution in [0.3, 0.4) is 0 Å². The van der Waals surface area contributed by atoms with Gasteiger partial charge in [0.15, 0.2) is 0 Å². The van der Waals surface area contributed by atoms with E-state index in [0.29, 0.717) is 0 Å². The molecule has 2 aromatic rings. The van der Waals surface area contributed by atoms with E-state index in [9.17, 15) is 4.79 Å². The van der Waals surface area contributed by atoms with Crippen LogP contribution >= 0.6 is 0 Å². The Bertz CT molecular complexity index is 570. The zero-order chi connectivity index (χ0) is 14.4. The molecule has 0 fully saturated rings. The lowest BCUT2D eigenvalue weighted by molar-refractivity contribution is 0.112. The molecule has 0 saturated carbocycles. The number of hydrogen-bond donors (Lipinski definition) is 0. The summed E-state index contributed by atoms with van der Waals surface area (Å²) in [6, 6.07) is 14.0.